The highest BCUT2D eigenvalue weighted by Gasteiger charge is 2.22. The van der Waals surface area contributed by atoms with Crippen LogP contribution in [-0.2, 0) is 0 Å². The Hall–Kier alpha value is -2.11. The van der Waals surface area contributed by atoms with E-state index in [-0.39, 0.29) is 11.5 Å². The third kappa shape index (κ3) is 3.67. The zero-order valence-electron chi connectivity index (χ0n) is 11.4. The molecule has 0 atom stereocenters. The second kappa shape index (κ2) is 5.69. The molecule has 1 aromatic carbocycles. The van der Waals surface area contributed by atoms with Crippen molar-refractivity contribution in [2.75, 3.05) is 6.61 Å². The highest BCUT2D eigenvalue weighted by Crippen LogP contribution is 2.28. The summed E-state index contributed by atoms with van der Waals surface area (Å²) in [6, 6.07) is 4.74. The number of nitrogens with two attached hydrogens (primary N) is 1. The Bertz CT molecular complexity index is 498. The maximum absolute atomic E-state index is 10.8. The van der Waals surface area contributed by atoms with Gasteiger partial charge >= 0.3 is 0 Å². The Labute approximate surface area is 112 Å². The van der Waals surface area contributed by atoms with Gasteiger partial charge in [0.1, 0.15) is 5.75 Å². The Morgan fingerprint density at radius 3 is 2.68 bits per heavy atom. The minimum Gasteiger partial charge on any atom is -0.493 e. The lowest BCUT2D eigenvalue weighted by Gasteiger charge is -2.22. The lowest BCUT2D eigenvalue weighted by atomic mass is 9.88. The Morgan fingerprint density at radius 1 is 1.53 bits per heavy atom. The molecule has 0 fully saturated rings. The second-order valence-electron chi connectivity index (χ2n) is 5.05. The number of benzene rings is 1. The van der Waals surface area contributed by atoms with Crippen molar-refractivity contribution in [3.05, 3.63) is 33.9 Å². The molecule has 3 N–H and O–H groups in total. The predicted octanol–water partition coefficient (Wildman–Crippen LogP) is 2.63. The Kier molecular flexibility index (Phi) is 4.47. The summed E-state index contributed by atoms with van der Waals surface area (Å²) in [5.74, 6) is 0.598. The van der Waals surface area contributed by atoms with Crippen LogP contribution in [0, 0.1) is 27.9 Å². The monoisotopic (exact) mass is 265 g/mol. The van der Waals surface area contributed by atoms with Crippen molar-refractivity contribution < 1.29 is 9.66 Å². The summed E-state index contributed by atoms with van der Waals surface area (Å²) >= 11 is 0. The first kappa shape index (κ1) is 14.9. The van der Waals surface area contributed by atoms with Gasteiger partial charge in [-0.25, -0.2) is 0 Å². The van der Waals surface area contributed by atoms with E-state index >= 15 is 0 Å². The predicted molar refractivity (Wildman–Crippen MR) is 73.6 cm³/mol. The molecule has 1 rings (SSSR count). The molecule has 0 aromatic heterocycles. The maximum atomic E-state index is 10.8. The lowest BCUT2D eigenvalue weighted by molar-refractivity contribution is -0.385. The third-order valence-electron chi connectivity index (χ3n) is 3.17. The lowest BCUT2D eigenvalue weighted by Crippen LogP contribution is -2.32. The molecule has 6 heteroatoms. The van der Waals surface area contributed by atoms with Crippen molar-refractivity contribution >= 4 is 11.5 Å². The molecular formula is C13H19N3O3. The van der Waals surface area contributed by atoms with E-state index in [1.54, 1.807) is 19.1 Å². The first-order chi connectivity index (χ1) is 8.75. The van der Waals surface area contributed by atoms with Crippen LogP contribution in [0.2, 0.25) is 0 Å². The summed E-state index contributed by atoms with van der Waals surface area (Å²) in [6.45, 7) is 5.73. The van der Waals surface area contributed by atoms with Crippen LogP contribution >= 0.6 is 0 Å². The van der Waals surface area contributed by atoms with Crippen LogP contribution in [0.15, 0.2) is 18.2 Å². The zero-order valence-corrected chi connectivity index (χ0v) is 11.4. The molecule has 0 saturated carbocycles. The summed E-state index contributed by atoms with van der Waals surface area (Å²) in [7, 11) is 0. The molecule has 0 amide bonds. The van der Waals surface area contributed by atoms with Gasteiger partial charge in [0.05, 0.1) is 22.9 Å². The second-order valence-corrected chi connectivity index (χ2v) is 5.05. The number of rotatable bonds is 6. The molecule has 104 valence electrons. The first-order valence-electron chi connectivity index (χ1n) is 5.97. The highest BCUT2D eigenvalue weighted by atomic mass is 16.6. The minimum absolute atomic E-state index is 0.0447. The molecular weight excluding hydrogens is 246 g/mol. The van der Waals surface area contributed by atoms with Gasteiger partial charge < -0.3 is 10.5 Å². The molecule has 0 aliphatic carbocycles. The van der Waals surface area contributed by atoms with Crippen molar-refractivity contribution in [2.45, 2.75) is 27.2 Å². The number of nitro benzene ring substituents is 1. The normalized spacial score (nSPS) is 11.1. The summed E-state index contributed by atoms with van der Waals surface area (Å²) in [5, 5.41) is 18.2. The van der Waals surface area contributed by atoms with Gasteiger partial charge in [0, 0.05) is 11.5 Å². The van der Waals surface area contributed by atoms with Gasteiger partial charge in [-0.05, 0) is 19.4 Å². The van der Waals surface area contributed by atoms with E-state index in [0.29, 0.717) is 24.3 Å². The van der Waals surface area contributed by atoms with Crippen LogP contribution in [0.1, 0.15) is 25.8 Å². The van der Waals surface area contributed by atoms with Crippen molar-refractivity contribution in [2.24, 2.45) is 11.1 Å². The van der Waals surface area contributed by atoms with E-state index in [1.165, 1.54) is 6.07 Å². The van der Waals surface area contributed by atoms with E-state index in [9.17, 15) is 10.1 Å². The minimum atomic E-state index is -0.436. The number of amidine groups is 1. The number of nitrogens with zero attached hydrogens (tertiary/aromatic N) is 1. The van der Waals surface area contributed by atoms with Gasteiger partial charge in [0.2, 0.25) is 0 Å². The molecule has 0 bridgehead atoms. The third-order valence-corrected chi connectivity index (χ3v) is 3.17. The molecule has 6 nitrogen and oxygen atoms in total. The summed E-state index contributed by atoms with van der Waals surface area (Å²) < 4.78 is 5.56. The van der Waals surface area contributed by atoms with E-state index in [0.717, 1.165) is 0 Å². The average molecular weight is 265 g/mol. The number of ether oxygens (including phenoxy) is 1. The van der Waals surface area contributed by atoms with Crippen LogP contribution in [-0.4, -0.2) is 17.4 Å². The van der Waals surface area contributed by atoms with Crippen molar-refractivity contribution in [1.29, 1.82) is 5.41 Å². The summed E-state index contributed by atoms with van der Waals surface area (Å²) in [4.78, 5) is 10.4. The average Bonchev–Trinajstić information content (AvgIpc) is 2.30. The number of hydrogen-bond acceptors (Lipinski definition) is 4. The Morgan fingerprint density at radius 2 is 2.16 bits per heavy atom. The van der Waals surface area contributed by atoms with E-state index in [1.807, 2.05) is 13.8 Å². The number of nitrogens with one attached hydrogen (secondary N) is 1. The molecule has 0 unspecified atom stereocenters. The van der Waals surface area contributed by atoms with Crippen molar-refractivity contribution in [1.82, 2.24) is 0 Å². The zero-order chi connectivity index (χ0) is 14.6. The topological polar surface area (TPSA) is 102 Å². The van der Waals surface area contributed by atoms with E-state index in [2.05, 4.69) is 0 Å². The molecule has 0 saturated heterocycles. The molecule has 1 aromatic rings. The molecule has 0 radical (unpaired) electrons. The van der Waals surface area contributed by atoms with Gasteiger partial charge in [-0.2, -0.15) is 0 Å². The van der Waals surface area contributed by atoms with Crippen LogP contribution in [0.3, 0.4) is 0 Å². The van der Waals surface area contributed by atoms with Gasteiger partial charge in [-0.3, -0.25) is 15.5 Å². The summed E-state index contributed by atoms with van der Waals surface area (Å²) in [5.41, 5.74) is 5.60. The maximum Gasteiger partial charge on any atom is 0.276 e. The Balaban J connectivity index is 2.72. The highest BCUT2D eigenvalue weighted by molar-refractivity contribution is 5.82. The van der Waals surface area contributed by atoms with E-state index < -0.39 is 10.3 Å². The van der Waals surface area contributed by atoms with E-state index in [4.69, 9.17) is 15.9 Å². The number of hydrogen-bond donors (Lipinski definition) is 2. The van der Waals surface area contributed by atoms with Crippen LogP contribution in [0.4, 0.5) is 5.69 Å². The standard InChI is InChI=1S/C13H19N3O3/c1-9-10(16(17)18)5-4-6-11(9)19-8-7-13(2,3)12(14)15/h4-6H,7-8H2,1-3H3,(H3,14,15). The molecule has 0 spiro atoms. The SMILES string of the molecule is Cc1c(OCCC(C)(C)C(=N)N)cccc1[N+](=O)[O-]. The largest absolute Gasteiger partial charge is 0.493 e. The van der Waals surface area contributed by atoms with Gasteiger partial charge in [0.25, 0.3) is 5.69 Å². The molecule has 0 heterocycles. The fourth-order valence-electron chi connectivity index (χ4n) is 1.51. The first-order valence-corrected chi connectivity index (χ1v) is 5.97. The fourth-order valence-corrected chi connectivity index (χ4v) is 1.51. The van der Waals surface area contributed by atoms with Gasteiger partial charge in [-0.15, -0.1) is 0 Å². The van der Waals surface area contributed by atoms with Crippen LogP contribution < -0.4 is 10.5 Å². The van der Waals surface area contributed by atoms with Gasteiger partial charge in [-0.1, -0.05) is 19.9 Å². The molecule has 19 heavy (non-hydrogen) atoms. The summed E-state index contributed by atoms with van der Waals surface area (Å²) in [6.07, 6.45) is 0.574. The van der Waals surface area contributed by atoms with Gasteiger partial charge in [0.15, 0.2) is 0 Å². The molecule has 0 aliphatic rings. The number of nitro groups is 1. The van der Waals surface area contributed by atoms with Crippen LogP contribution in [0.25, 0.3) is 0 Å². The quantitative estimate of drug-likeness (QED) is 0.357. The smallest absolute Gasteiger partial charge is 0.276 e. The van der Waals surface area contributed by atoms with Crippen LogP contribution in [0.5, 0.6) is 5.75 Å². The fraction of sp³-hybridized carbons (Fsp3) is 0.462. The molecule has 0 aliphatic heterocycles. The van der Waals surface area contributed by atoms with Crippen molar-refractivity contribution in [3.63, 3.8) is 0 Å². The van der Waals surface area contributed by atoms with Crippen molar-refractivity contribution in [3.8, 4) is 5.75 Å².